The van der Waals surface area contributed by atoms with Gasteiger partial charge in [0.2, 0.25) is 0 Å². The lowest BCUT2D eigenvalue weighted by atomic mass is 10.4. The van der Waals surface area contributed by atoms with Crippen LogP contribution in [0.3, 0.4) is 0 Å². The van der Waals surface area contributed by atoms with Crippen molar-refractivity contribution in [3.05, 3.63) is 21.8 Å². The maximum absolute atomic E-state index is 12.1. The second kappa shape index (κ2) is 5.34. The van der Waals surface area contributed by atoms with Crippen molar-refractivity contribution in [1.29, 1.82) is 5.26 Å². The average molecular weight is 265 g/mol. The number of thioether (sulfide) groups is 1. The third-order valence-corrected chi connectivity index (χ3v) is 4.27. The third kappa shape index (κ3) is 2.35. The summed E-state index contributed by atoms with van der Waals surface area (Å²) in [6, 6.07) is 3.85. The number of aromatic nitrogens is 2. The molecule has 6 heteroatoms. The molecule has 2 heterocycles. The minimum absolute atomic E-state index is 0.0612. The van der Waals surface area contributed by atoms with Gasteiger partial charge >= 0.3 is 0 Å². The quantitative estimate of drug-likeness (QED) is 0.629. The minimum atomic E-state index is -0.106. The molecule has 0 unspecified atom stereocenters. The van der Waals surface area contributed by atoms with Crippen LogP contribution in [0.5, 0.6) is 0 Å². The zero-order valence-electron chi connectivity index (χ0n) is 9.34. The van der Waals surface area contributed by atoms with E-state index in [9.17, 15) is 4.79 Å². The molecule has 0 spiro atoms. The highest BCUT2D eigenvalue weighted by Gasteiger charge is 2.11. The van der Waals surface area contributed by atoms with Crippen molar-refractivity contribution < 1.29 is 0 Å². The van der Waals surface area contributed by atoms with Gasteiger partial charge in [0.25, 0.3) is 5.56 Å². The maximum atomic E-state index is 12.1. The van der Waals surface area contributed by atoms with E-state index in [1.54, 1.807) is 0 Å². The standard InChI is InChI=1S/C11H11N3OS2/c1-2-6-17-11-13-8-3-7-16-9(8)10(15)14(11)5-4-12/h3,7H,2,5-6H2,1H3. The number of nitrogens with zero attached hydrogens (tertiary/aromatic N) is 3. The molecule has 0 saturated carbocycles. The lowest BCUT2D eigenvalue weighted by Gasteiger charge is -2.07. The van der Waals surface area contributed by atoms with Crippen LogP contribution in [0.25, 0.3) is 10.2 Å². The van der Waals surface area contributed by atoms with Gasteiger partial charge in [0.1, 0.15) is 11.2 Å². The fourth-order valence-corrected chi connectivity index (χ4v) is 3.07. The Hall–Kier alpha value is -1.32. The molecule has 0 bridgehead atoms. The minimum Gasteiger partial charge on any atom is -0.272 e. The SMILES string of the molecule is CCCSc1nc2ccsc2c(=O)n1CC#N. The molecule has 0 fully saturated rings. The third-order valence-electron chi connectivity index (χ3n) is 2.19. The highest BCUT2D eigenvalue weighted by molar-refractivity contribution is 7.99. The molecular formula is C11H11N3OS2. The highest BCUT2D eigenvalue weighted by atomic mass is 32.2. The van der Waals surface area contributed by atoms with E-state index in [0.717, 1.165) is 17.7 Å². The summed E-state index contributed by atoms with van der Waals surface area (Å²) in [5.74, 6) is 0.896. The van der Waals surface area contributed by atoms with Gasteiger partial charge < -0.3 is 0 Å². The zero-order valence-corrected chi connectivity index (χ0v) is 11.0. The van der Waals surface area contributed by atoms with Gasteiger partial charge in [0.15, 0.2) is 5.16 Å². The van der Waals surface area contributed by atoms with Crippen LogP contribution in [-0.4, -0.2) is 15.3 Å². The number of rotatable bonds is 4. The summed E-state index contributed by atoms with van der Waals surface area (Å²) in [5, 5.41) is 11.3. The predicted molar refractivity (Wildman–Crippen MR) is 70.5 cm³/mol. The number of thiophene rings is 1. The Kier molecular flexibility index (Phi) is 3.82. The highest BCUT2D eigenvalue weighted by Crippen LogP contribution is 2.21. The van der Waals surface area contributed by atoms with Gasteiger partial charge in [-0.05, 0) is 17.9 Å². The van der Waals surface area contributed by atoms with Crippen molar-refractivity contribution >= 4 is 33.3 Å². The Balaban J connectivity index is 2.58. The molecule has 88 valence electrons. The van der Waals surface area contributed by atoms with Gasteiger partial charge in [-0.2, -0.15) is 5.26 Å². The van der Waals surface area contributed by atoms with Crippen LogP contribution >= 0.6 is 23.1 Å². The first-order chi connectivity index (χ1) is 8.27. The van der Waals surface area contributed by atoms with E-state index in [4.69, 9.17) is 5.26 Å². The van der Waals surface area contributed by atoms with Crippen molar-refractivity contribution in [3.63, 3.8) is 0 Å². The van der Waals surface area contributed by atoms with Crippen molar-refractivity contribution in [3.8, 4) is 6.07 Å². The summed E-state index contributed by atoms with van der Waals surface area (Å²) in [6.45, 7) is 2.13. The molecule has 0 amide bonds. The van der Waals surface area contributed by atoms with Crippen molar-refractivity contribution in [1.82, 2.24) is 9.55 Å². The van der Waals surface area contributed by atoms with Crippen molar-refractivity contribution in [2.75, 3.05) is 5.75 Å². The van der Waals surface area contributed by atoms with E-state index in [1.807, 2.05) is 17.5 Å². The van der Waals surface area contributed by atoms with Crippen LogP contribution in [0.4, 0.5) is 0 Å². The Morgan fingerprint density at radius 1 is 1.65 bits per heavy atom. The van der Waals surface area contributed by atoms with Crippen LogP contribution in [0.2, 0.25) is 0 Å². The molecule has 0 aromatic carbocycles. The second-order valence-electron chi connectivity index (χ2n) is 3.43. The summed E-state index contributed by atoms with van der Waals surface area (Å²) >= 11 is 2.90. The molecule has 0 atom stereocenters. The van der Waals surface area contributed by atoms with Crippen LogP contribution in [0, 0.1) is 11.3 Å². The largest absolute Gasteiger partial charge is 0.273 e. The number of fused-ring (bicyclic) bond motifs is 1. The van der Waals surface area contributed by atoms with E-state index in [-0.39, 0.29) is 12.1 Å². The van der Waals surface area contributed by atoms with E-state index >= 15 is 0 Å². The van der Waals surface area contributed by atoms with Gasteiger partial charge in [-0.15, -0.1) is 11.3 Å². The van der Waals surface area contributed by atoms with E-state index in [1.165, 1.54) is 27.7 Å². The van der Waals surface area contributed by atoms with Crippen LogP contribution < -0.4 is 5.56 Å². The Bertz CT molecular complexity index is 624. The summed E-state index contributed by atoms with van der Waals surface area (Å²) < 4.78 is 2.08. The molecule has 2 aromatic rings. The van der Waals surface area contributed by atoms with Crippen LogP contribution in [0.1, 0.15) is 13.3 Å². The van der Waals surface area contributed by atoms with E-state index in [2.05, 4.69) is 11.9 Å². The molecule has 0 N–H and O–H groups in total. The second-order valence-corrected chi connectivity index (χ2v) is 5.41. The first kappa shape index (κ1) is 12.1. The van der Waals surface area contributed by atoms with Crippen molar-refractivity contribution in [2.24, 2.45) is 0 Å². The molecule has 0 radical (unpaired) electrons. The lowest BCUT2D eigenvalue weighted by Crippen LogP contribution is -2.22. The molecule has 2 aromatic heterocycles. The Morgan fingerprint density at radius 3 is 3.18 bits per heavy atom. The van der Waals surface area contributed by atoms with Crippen LogP contribution in [0.15, 0.2) is 21.4 Å². The summed E-state index contributed by atoms with van der Waals surface area (Å²) in [6.07, 6.45) is 1.01. The Morgan fingerprint density at radius 2 is 2.47 bits per heavy atom. The number of hydrogen-bond acceptors (Lipinski definition) is 5. The van der Waals surface area contributed by atoms with Gasteiger partial charge in [-0.25, -0.2) is 4.98 Å². The monoisotopic (exact) mass is 265 g/mol. The van der Waals surface area contributed by atoms with E-state index in [0.29, 0.717) is 9.86 Å². The number of hydrogen-bond donors (Lipinski definition) is 0. The Labute approximate surface area is 107 Å². The lowest BCUT2D eigenvalue weighted by molar-refractivity contribution is 0.679. The summed E-state index contributed by atoms with van der Waals surface area (Å²) in [4.78, 5) is 16.6. The molecule has 4 nitrogen and oxygen atoms in total. The first-order valence-electron chi connectivity index (χ1n) is 5.25. The molecule has 0 aliphatic heterocycles. The normalized spacial score (nSPS) is 10.6. The zero-order chi connectivity index (χ0) is 12.3. The molecule has 2 rings (SSSR count). The van der Waals surface area contributed by atoms with Gasteiger partial charge in [0.05, 0.1) is 11.6 Å². The summed E-state index contributed by atoms with van der Waals surface area (Å²) in [5.41, 5.74) is 0.623. The number of nitriles is 1. The fraction of sp³-hybridized carbons (Fsp3) is 0.364. The van der Waals surface area contributed by atoms with Gasteiger partial charge in [-0.1, -0.05) is 18.7 Å². The predicted octanol–water partition coefficient (Wildman–Crippen LogP) is 2.48. The first-order valence-corrected chi connectivity index (χ1v) is 7.12. The maximum Gasteiger partial charge on any atom is 0.273 e. The van der Waals surface area contributed by atoms with E-state index < -0.39 is 0 Å². The fourth-order valence-electron chi connectivity index (χ4n) is 1.44. The average Bonchev–Trinajstić information content (AvgIpc) is 2.79. The summed E-state index contributed by atoms with van der Waals surface area (Å²) in [7, 11) is 0. The molecule has 0 saturated heterocycles. The molecular weight excluding hydrogens is 254 g/mol. The smallest absolute Gasteiger partial charge is 0.272 e. The topological polar surface area (TPSA) is 58.7 Å². The van der Waals surface area contributed by atoms with Crippen molar-refractivity contribution in [2.45, 2.75) is 25.0 Å². The van der Waals surface area contributed by atoms with Crippen LogP contribution in [-0.2, 0) is 6.54 Å². The molecule has 0 aliphatic rings. The van der Waals surface area contributed by atoms with Gasteiger partial charge in [-0.3, -0.25) is 9.36 Å². The molecule has 17 heavy (non-hydrogen) atoms. The molecule has 0 aliphatic carbocycles. The van der Waals surface area contributed by atoms with Gasteiger partial charge in [0, 0.05) is 5.75 Å².